The fourth-order valence-corrected chi connectivity index (χ4v) is 2.75. The standard InChI is InChI=1S/C20H19N3O5/c1-13-10-16(28-15-4-2-14(11-21)3-5-15)6-7-17(13)22-20(26)23-8-9-27-18(12-23)19(24)25/h2-7,10,18H,8-9,12H2,1H3,(H,22,26)(H,24,25)/t18-/m0/s1. The molecule has 0 aromatic heterocycles. The van der Waals surface area contributed by atoms with E-state index < -0.39 is 12.1 Å². The van der Waals surface area contributed by atoms with E-state index in [2.05, 4.69) is 5.32 Å². The largest absolute Gasteiger partial charge is 0.479 e. The van der Waals surface area contributed by atoms with Crippen molar-refractivity contribution in [3.63, 3.8) is 0 Å². The number of aryl methyl sites for hydroxylation is 1. The number of aliphatic carboxylic acids is 1. The minimum Gasteiger partial charge on any atom is -0.479 e. The van der Waals surface area contributed by atoms with Gasteiger partial charge in [0.15, 0.2) is 6.10 Å². The first-order valence-corrected chi connectivity index (χ1v) is 8.65. The molecule has 28 heavy (non-hydrogen) atoms. The Labute approximate surface area is 161 Å². The molecule has 1 aliphatic rings. The zero-order valence-corrected chi connectivity index (χ0v) is 15.2. The summed E-state index contributed by atoms with van der Waals surface area (Å²) in [5.41, 5.74) is 1.95. The molecule has 144 valence electrons. The molecule has 0 radical (unpaired) electrons. The number of anilines is 1. The molecule has 2 aromatic rings. The van der Waals surface area contributed by atoms with Crippen LogP contribution in [0.2, 0.25) is 0 Å². The summed E-state index contributed by atoms with van der Waals surface area (Å²) in [5, 5.41) is 20.7. The molecule has 2 N–H and O–H groups in total. The number of hydrogen-bond acceptors (Lipinski definition) is 5. The van der Waals surface area contributed by atoms with Gasteiger partial charge in [-0.15, -0.1) is 0 Å². The summed E-state index contributed by atoms with van der Waals surface area (Å²) in [6.07, 6.45) is -1.01. The van der Waals surface area contributed by atoms with Crippen LogP contribution in [0.1, 0.15) is 11.1 Å². The first kappa shape index (κ1) is 19.2. The zero-order valence-electron chi connectivity index (χ0n) is 15.2. The highest BCUT2D eigenvalue weighted by molar-refractivity contribution is 5.90. The van der Waals surface area contributed by atoms with E-state index in [9.17, 15) is 9.59 Å². The molecule has 1 fully saturated rings. The molecule has 8 nitrogen and oxygen atoms in total. The Morgan fingerprint density at radius 3 is 2.61 bits per heavy atom. The minimum atomic E-state index is -1.09. The molecule has 0 unspecified atom stereocenters. The van der Waals surface area contributed by atoms with Gasteiger partial charge in [0, 0.05) is 12.2 Å². The summed E-state index contributed by atoms with van der Waals surface area (Å²) in [5.74, 6) is 0.110. The topological polar surface area (TPSA) is 112 Å². The molecule has 8 heteroatoms. The number of ether oxygens (including phenoxy) is 2. The van der Waals surface area contributed by atoms with Crippen molar-refractivity contribution in [3.05, 3.63) is 53.6 Å². The van der Waals surface area contributed by atoms with Crippen molar-refractivity contribution >= 4 is 17.7 Å². The van der Waals surface area contributed by atoms with Gasteiger partial charge in [0.25, 0.3) is 0 Å². The van der Waals surface area contributed by atoms with Gasteiger partial charge in [-0.25, -0.2) is 9.59 Å². The van der Waals surface area contributed by atoms with Crippen molar-refractivity contribution in [2.24, 2.45) is 0 Å². The van der Waals surface area contributed by atoms with Crippen LogP contribution in [0.15, 0.2) is 42.5 Å². The van der Waals surface area contributed by atoms with Crippen LogP contribution >= 0.6 is 0 Å². The summed E-state index contributed by atoms with van der Waals surface area (Å²) >= 11 is 0. The number of nitrogens with zero attached hydrogens (tertiary/aromatic N) is 2. The van der Waals surface area contributed by atoms with Crippen molar-refractivity contribution in [2.45, 2.75) is 13.0 Å². The maximum atomic E-state index is 12.4. The highest BCUT2D eigenvalue weighted by atomic mass is 16.5. The lowest BCUT2D eigenvalue weighted by Crippen LogP contribution is -2.49. The Hall–Kier alpha value is -3.57. The van der Waals surface area contributed by atoms with Crippen LogP contribution in [-0.4, -0.2) is 47.8 Å². The van der Waals surface area contributed by atoms with Gasteiger partial charge in [0.05, 0.1) is 24.8 Å². The van der Waals surface area contributed by atoms with Crippen LogP contribution in [0.4, 0.5) is 10.5 Å². The minimum absolute atomic E-state index is 0.000101. The van der Waals surface area contributed by atoms with Crippen molar-refractivity contribution < 1.29 is 24.2 Å². The van der Waals surface area contributed by atoms with Crippen molar-refractivity contribution in [2.75, 3.05) is 25.0 Å². The molecule has 1 heterocycles. The van der Waals surface area contributed by atoms with Gasteiger partial charge in [-0.1, -0.05) is 0 Å². The van der Waals surface area contributed by atoms with Crippen LogP contribution in [-0.2, 0) is 9.53 Å². The molecule has 0 bridgehead atoms. The number of amides is 2. The number of urea groups is 1. The van der Waals surface area contributed by atoms with Gasteiger partial charge in [-0.2, -0.15) is 5.26 Å². The lowest BCUT2D eigenvalue weighted by atomic mass is 10.2. The third kappa shape index (κ3) is 4.58. The van der Waals surface area contributed by atoms with E-state index in [-0.39, 0.29) is 19.2 Å². The van der Waals surface area contributed by atoms with Crippen molar-refractivity contribution in [3.8, 4) is 17.6 Å². The van der Waals surface area contributed by atoms with Gasteiger partial charge >= 0.3 is 12.0 Å². The summed E-state index contributed by atoms with van der Waals surface area (Å²) in [4.78, 5) is 24.9. The Balaban J connectivity index is 1.64. The molecule has 0 aliphatic carbocycles. The third-order valence-corrected chi connectivity index (χ3v) is 4.29. The average molecular weight is 381 g/mol. The molecule has 0 saturated carbocycles. The Kier molecular flexibility index (Phi) is 5.77. The van der Waals surface area contributed by atoms with Gasteiger partial charge in [-0.3, -0.25) is 0 Å². The number of hydrogen-bond donors (Lipinski definition) is 2. The highest BCUT2D eigenvalue weighted by Gasteiger charge is 2.29. The summed E-state index contributed by atoms with van der Waals surface area (Å²) in [6, 6.07) is 13.7. The Morgan fingerprint density at radius 2 is 1.96 bits per heavy atom. The van der Waals surface area contributed by atoms with Gasteiger partial charge in [-0.05, 0) is 55.0 Å². The van der Waals surface area contributed by atoms with E-state index in [1.54, 1.807) is 42.5 Å². The second-order valence-corrected chi connectivity index (χ2v) is 6.29. The number of nitriles is 1. The van der Waals surface area contributed by atoms with Crippen LogP contribution in [0, 0.1) is 18.3 Å². The van der Waals surface area contributed by atoms with Crippen LogP contribution in [0.5, 0.6) is 11.5 Å². The van der Waals surface area contributed by atoms with Crippen molar-refractivity contribution in [1.82, 2.24) is 4.90 Å². The molecule has 0 spiro atoms. The van der Waals surface area contributed by atoms with E-state index in [1.807, 2.05) is 13.0 Å². The van der Waals surface area contributed by atoms with E-state index in [1.165, 1.54) is 4.90 Å². The fraction of sp³-hybridized carbons (Fsp3) is 0.250. The molecule has 2 amide bonds. The molecule has 1 saturated heterocycles. The van der Waals surface area contributed by atoms with Crippen LogP contribution < -0.4 is 10.1 Å². The van der Waals surface area contributed by atoms with Crippen LogP contribution in [0.25, 0.3) is 0 Å². The van der Waals surface area contributed by atoms with E-state index in [0.29, 0.717) is 29.3 Å². The quantitative estimate of drug-likeness (QED) is 0.842. The number of carboxylic acid groups (broad SMARTS) is 1. The van der Waals surface area contributed by atoms with E-state index >= 15 is 0 Å². The highest BCUT2D eigenvalue weighted by Crippen LogP contribution is 2.26. The smallest absolute Gasteiger partial charge is 0.334 e. The maximum Gasteiger partial charge on any atom is 0.334 e. The van der Waals surface area contributed by atoms with Crippen molar-refractivity contribution in [1.29, 1.82) is 5.26 Å². The van der Waals surface area contributed by atoms with Gasteiger partial charge < -0.3 is 24.8 Å². The summed E-state index contributed by atoms with van der Waals surface area (Å²) in [7, 11) is 0. The molecule has 1 atom stereocenters. The molecule has 2 aromatic carbocycles. The monoisotopic (exact) mass is 381 g/mol. The maximum absolute atomic E-state index is 12.4. The number of rotatable bonds is 4. The summed E-state index contributed by atoms with van der Waals surface area (Å²) in [6.45, 7) is 2.34. The predicted molar refractivity (Wildman–Crippen MR) is 100 cm³/mol. The SMILES string of the molecule is Cc1cc(Oc2ccc(C#N)cc2)ccc1NC(=O)N1CCO[C@H](C(=O)O)C1. The first-order chi connectivity index (χ1) is 13.5. The third-order valence-electron chi connectivity index (χ3n) is 4.29. The van der Waals surface area contributed by atoms with E-state index in [0.717, 1.165) is 5.56 Å². The van der Waals surface area contributed by atoms with Crippen LogP contribution in [0.3, 0.4) is 0 Å². The molecule has 1 aliphatic heterocycles. The number of benzene rings is 2. The van der Waals surface area contributed by atoms with E-state index in [4.69, 9.17) is 19.8 Å². The lowest BCUT2D eigenvalue weighted by molar-refractivity contribution is -0.154. The first-order valence-electron chi connectivity index (χ1n) is 8.65. The second-order valence-electron chi connectivity index (χ2n) is 6.29. The van der Waals surface area contributed by atoms with Gasteiger partial charge in [0.1, 0.15) is 11.5 Å². The molecule has 3 rings (SSSR count). The number of morpholine rings is 1. The number of nitrogens with one attached hydrogen (secondary N) is 1. The Bertz CT molecular complexity index is 920. The predicted octanol–water partition coefficient (Wildman–Crippen LogP) is 2.98. The lowest BCUT2D eigenvalue weighted by Gasteiger charge is -2.31. The zero-order chi connectivity index (χ0) is 20.1. The number of carboxylic acids is 1. The Morgan fingerprint density at radius 1 is 1.25 bits per heavy atom. The molecular formula is C20H19N3O5. The average Bonchev–Trinajstić information content (AvgIpc) is 2.70. The molecular weight excluding hydrogens is 362 g/mol. The second kappa shape index (κ2) is 8.41. The number of carbonyl (C=O) groups excluding carboxylic acids is 1. The normalized spacial score (nSPS) is 16.1. The fourth-order valence-electron chi connectivity index (χ4n) is 2.75. The van der Waals surface area contributed by atoms with Gasteiger partial charge in [0.2, 0.25) is 0 Å². The summed E-state index contributed by atoms with van der Waals surface area (Å²) < 4.78 is 10.9. The number of carbonyl (C=O) groups is 2.